The molecule has 1 fully saturated rings. The normalized spacial score (nSPS) is 25.0. The second-order valence-electron chi connectivity index (χ2n) is 6.05. The van der Waals surface area contributed by atoms with Crippen LogP contribution in [-0.4, -0.2) is 23.5 Å². The van der Waals surface area contributed by atoms with Crippen molar-refractivity contribution in [2.75, 3.05) is 13.2 Å². The molecule has 0 amide bonds. The maximum absolute atomic E-state index is 9.65. The maximum atomic E-state index is 9.65. The van der Waals surface area contributed by atoms with Crippen LogP contribution in [0.2, 0.25) is 0 Å². The van der Waals surface area contributed by atoms with Gasteiger partial charge in [0.2, 0.25) is 0 Å². The Hall–Kier alpha value is -1.52. The largest absolute Gasteiger partial charge is 0.505 e. The molecule has 2 aliphatic heterocycles. The lowest BCUT2D eigenvalue weighted by molar-refractivity contribution is 0.108. The molecular formula is C18H22ClNO3. The Balaban J connectivity index is 1.98. The summed E-state index contributed by atoms with van der Waals surface area (Å²) in [4.78, 5) is 4.45. The van der Waals surface area contributed by atoms with E-state index >= 15 is 0 Å². The molecule has 4 nitrogen and oxygen atoms in total. The van der Waals surface area contributed by atoms with E-state index in [-0.39, 0.29) is 5.76 Å². The number of rotatable bonds is 2. The zero-order chi connectivity index (χ0) is 16.2. The van der Waals surface area contributed by atoms with Gasteiger partial charge in [-0.3, -0.25) is 0 Å². The summed E-state index contributed by atoms with van der Waals surface area (Å²) in [6, 6.07) is 1.71. The van der Waals surface area contributed by atoms with Crippen molar-refractivity contribution in [2.45, 2.75) is 38.5 Å². The standard InChI is InChI=1S/C18H22ClNO3/c1-12(21)16-11-15-18(23-16)14(6-4-7-17(19)20-15)13-5-2-3-9-22-10-8-13/h6,11,13,21H,1-5,7-10H2/b14-6-,20-17?. The Morgan fingerprint density at radius 2 is 2.17 bits per heavy atom. The lowest BCUT2D eigenvalue weighted by Gasteiger charge is -2.23. The average molecular weight is 336 g/mol. The third kappa shape index (κ3) is 3.88. The Labute approximate surface area is 141 Å². The van der Waals surface area contributed by atoms with Gasteiger partial charge in [0, 0.05) is 25.7 Å². The van der Waals surface area contributed by atoms with Crippen molar-refractivity contribution in [1.29, 1.82) is 0 Å². The highest BCUT2D eigenvalue weighted by Crippen LogP contribution is 2.41. The third-order valence-corrected chi connectivity index (χ3v) is 4.63. The van der Waals surface area contributed by atoms with Gasteiger partial charge in [0.25, 0.3) is 0 Å². The molecule has 1 aromatic heterocycles. The summed E-state index contributed by atoms with van der Waals surface area (Å²) in [5.74, 6) is 1.34. The zero-order valence-corrected chi connectivity index (χ0v) is 13.9. The van der Waals surface area contributed by atoms with Crippen LogP contribution in [0.3, 0.4) is 0 Å². The molecule has 0 radical (unpaired) electrons. The first-order valence-corrected chi connectivity index (χ1v) is 8.56. The fourth-order valence-electron chi connectivity index (χ4n) is 3.17. The van der Waals surface area contributed by atoms with Gasteiger partial charge in [0.15, 0.2) is 17.3 Å². The molecule has 124 valence electrons. The van der Waals surface area contributed by atoms with Crippen LogP contribution in [-0.2, 0) is 4.74 Å². The summed E-state index contributed by atoms with van der Waals surface area (Å²) in [6.07, 6.45) is 8.08. The zero-order valence-electron chi connectivity index (χ0n) is 13.2. The second kappa shape index (κ2) is 7.37. The monoisotopic (exact) mass is 335 g/mol. The highest BCUT2D eigenvalue weighted by atomic mass is 35.5. The number of aliphatic hydroxyl groups excluding tert-OH is 1. The van der Waals surface area contributed by atoms with Crippen LogP contribution >= 0.6 is 11.6 Å². The molecule has 1 atom stereocenters. The van der Waals surface area contributed by atoms with Gasteiger partial charge in [0.05, 0.1) is 0 Å². The highest BCUT2D eigenvalue weighted by molar-refractivity contribution is 6.65. The maximum Gasteiger partial charge on any atom is 0.170 e. The second-order valence-corrected chi connectivity index (χ2v) is 6.49. The predicted octanol–water partition coefficient (Wildman–Crippen LogP) is 5.46. The minimum absolute atomic E-state index is 0.0941. The Morgan fingerprint density at radius 3 is 3.00 bits per heavy atom. The van der Waals surface area contributed by atoms with E-state index in [2.05, 4.69) is 17.6 Å². The number of halogens is 1. The lowest BCUT2D eigenvalue weighted by Crippen LogP contribution is -2.12. The topological polar surface area (TPSA) is 55.0 Å². The first-order valence-electron chi connectivity index (χ1n) is 8.18. The number of aliphatic hydroxyl groups is 1. The molecule has 5 heteroatoms. The van der Waals surface area contributed by atoms with E-state index in [1.165, 1.54) is 0 Å². The number of hydrogen-bond donors (Lipinski definition) is 1. The molecule has 0 saturated carbocycles. The van der Waals surface area contributed by atoms with Crippen molar-refractivity contribution in [2.24, 2.45) is 10.9 Å². The van der Waals surface area contributed by atoms with Gasteiger partial charge in [-0.2, -0.15) is 0 Å². The summed E-state index contributed by atoms with van der Waals surface area (Å²) < 4.78 is 11.5. The van der Waals surface area contributed by atoms with Gasteiger partial charge in [0.1, 0.15) is 10.9 Å². The Bertz CT molecular complexity index is 637. The molecule has 0 aromatic carbocycles. The van der Waals surface area contributed by atoms with Crippen LogP contribution in [0.15, 0.2) is 28.1 Å². The fourth-order valence-corrected chi connectivity index (χ4v) is 3.37. The number of furan rings is 1. The highest BCUT2D eigenvalue weighted by Gasteiger charge is 2.25. The molecule has 23 heavy (non-hydrogen) atoms. The van der Waals surface area contributed by atoms with Gasteiger partial charge in [-0.25, -0.2) is 4.99 Å². The van der Waals surface area contributed by atoms with Crippen molar-refractivity contribution in [3.63, 3.8) is 0 Å². The number of allylic oxidation sites excluding steroid dienone is 2. The SMILES string of the molecule is C=C(O)c1cc2c(o1)/C(C1CCCCOCC1)=C\CCC(Cl)=N2. The van der Waals surface area contributed by atoms with E-state index in [1.54, 1.807) is 6.07 Å². The van der Waals surface area contributed by atoms with E-state index in [0.717, 1.165) is 50.9 Å². The molecule has 2 aliphatic rings. The van der Waals surface area contributed by atoms with Gasteiger partial charge in [-0.1, -0.05) is 30.7 Å². The lowest BCUT2D eigenvalue weighted by atomic mass is 9.87. The Kier molecular flexibility index (Phi) is 5.23. The first-order chi connectivity index (χ1) is 11.1. The number of hydrogen-bond acceptors (Lipinski definition) is 4. The van der Waals surface area contributed by atoms with Crippen LogP contribution in [0.4, 0.5) is 5.69 Å². The van der Waals surface area contributed by atoms with Crippen LogP contribution < -0.4 is 0 Å². The minimum Gasteiger partial charge on any atom is -0.505 e. The number of ether oxygens (including phenoxy) is 1. The van der Waals surface area contributed by atoms with Crippen molar-refractivity contribution in [3.8, 4) is 0 Å². The minimum atomic E-state index is -0.0941. The quantitative estimate of drug-likeness (QED) is 0.730. The van der Waals surface area contributed by atoms with E-state index in [4.69, 9.17) is 20.8 Å². The number of aliphatic imine (C=N–C) groups is 1. The first kappa shape index (κ1) is 16.3. The van der Waals surface area contributed by atoms with Crippen LogP contribution in [0.25, 0.3) is 11.3 Å². The molecular weight excluding hydrogens is 314 g/mol. The fraction of sp³-hybridized carbons (Fsp3) is 0.500. The number of fused-ring (bicyclic) bond motifs is 1. The van der Waals surface area contributed by atoms with Gasteiger partial charge >= 0.3 is 0 Å². The van der Waals surface area contributed by atoms with E-state index in [9.17, 15) is 5.11 Å². The van der Waals surface area contributed by atoms with Gasteiger partial charge in [-0.05, 0) is 37.2 Å². The molecule has 1 aromatic rings. The third-order valence-electron chi connectivity index (χ3n) is 4.36. The molecule has 3 rings (SSSR count). The summed E-state index contributed by atoms with van der Waals surface area (Å²) in [5, 5.41) is 10.2. The smallest absolute Gasteiger partial charge is 0.170 e. The molecule has 0 aliphatic carbocycles. The number of nitrogens with zero attached hydrogens (tertiary/aromatic N) is 1. The predicted molar refractivity (Wildman–Crippen MR) is 93.3 cm³/mol. The summed E-state index contributed by atoms with van der Waals surface area (Å²) in [7, 11) is 0. The molecule has 0 bridgehead atoms. The molecule has 1 N–H and O–H groups in total. The summed E-state index contributed by atoms with van der Waals surface area (Å²) in [6.45, 7) is 5.16. The summed E-state index contributed by atoms with van der Waals surface area (Å²) >= 11 is 6.17. The van der Waals surface area contributed by atoms with Crippen LogP contribution in [0.5, 0.6) is 0 Å². The van der Waals surface area contributed by atoms with Crippen LogP contribution in [0.1, 0.15) is 50.0 Å². The van der Waals surface area contributed by atoms with E-state index in [0.29, 0.717) is 34.7 Å². The molecule has 3 heterocycles. The Morgan fingerprint density at radius 1 is 1.30 bits per heavy atom. The van der Waals surface area contributed by atoms with Crippen molar-refractivity contribution >= 4 is 33.8 Å². The van der Waals surface area contributed by atoms with E-state index < -0.39 is 0 Å². The van der Waals surface area contributed by atoms with Gasteiger partial charge in [-0.15, -0.1) is 0 Å². The molecule has 0 spiro atoms. The summed E-state index contributed by atoms with van der Waals surface area (Å²) in [5.41, 5.74) is 1.83. The molecule has 1 saturated heterocycles. The van der Waals surface area contributed by atoms with Gasteiger partial charge < -0.3 is 14.3 Å². The van der Waals surface area contributed by atoms with Crippen molar-refractivity contribution in [1.82, 2.24) is 0 Å². The van der Waals surface area contributed by atoms with Crippen LogP contribution in [0, 0.1) is 5.92 Å². The van der Waals surface area contributed by atoms with Crippen molar-refractivity contribution in [3.05, 3.63) is 30.2 Å². The van der Waals surface area contributed by atoms with Crippen molar-refractivity contribution < 1.29 is 14.3 Å². The molecule has 1 unspecified atom stereocenters. The average Bonchev–Trinajstić information content (AvgIpc) is 2.86. The van der Waals surface area contributed by atoms with E-state index in [1.807, 2.05) is 0 Å².